The molecule has 0 amide bonds. The van der Waals surface area contributed by atoms with Gasteiger partial charge in [-0.2, -0.15) is 11.8 Å². The van der Waals surface area contributed by atoms with Gasteiger partial charge < -0.3 is 10.0 Å². The van der Waals surface area contributed by atoms with Crippen LogP contribution in [0.2, 0.25) is 0 Å². The van der Waals surface area contributed by atoms with E-state index < -0.39 is 0 Å². The summed E-state index contributed by atoms with van der Waals surface area (Å²) in [7, 11) is 4.13. The van der Waals surface area contributed by atoms with E-state index >= 15 is 0 Å². The molecular formula is C8H19NOS. The van der Waals surface area contributed by atoms with Crippen LogP contribution in [-0.2, 0) is 0 Å². The number of nitrogens with zero attached hydrogens (tertiary/aromatic N) is 1. The first-order chi connectivity index (χ1) is 5.16. The Morgan fingerprint density at radius 1 is 1.45 bits per heavy atom. The summed E-state index contributed by atoms with van der Waals surface area (Å²) in [6, 6.07) is 0. The maximum Gasteiger partial charge on any atom is 0.0628 e. The SMILES string of the molecule is CCC(O)CSCCN(C)C. The summed E-state index contributed by atoms with van der Waals surface area (Å²) in [5.41, 5.74) is 0. The van der Waals surface area contributed by atoms with Crippen molar-refractivity contribution in [2.24, 2.45) is 0 Å². The van der Waals surface area contributed by atoms with Gasteiger partial charge >= 0.3 is 0 Å². The predicted molar refractivity (Wildman–Crippen MR) is 52.2 cm³/mol. The van der Waals surface area contributed by atoms with Gasteiger partial charge in [-0.3, -0.25) is 0 Å². The Hall–Kier alpha value is 0.270. The number of hydrogen-bond acceptors (Lipinski definition) is 3. The highest BCUT2D eigenvalue weighted by Gasteiger charge is 1.99. The third-order valence-electron chi connectivity index (χ3n) is 1.46. The molecule has 0 fully saturated rings. The van der Waals surface area contributed by atoms with Crippen LogP contribution in [0, 0.1) is 0 Å². The van der Waals surface area contributed by atoms with Crippen LogP contribution in [-0.4, -0.2) is 48.3 Å². The Morgan fingerprint density at radius 3 is 2.55 bits per heavy atom. The van der Waals surface area contributed by atoms with Gasteiger partial charge in [0.1, 0.15) is 0 Å². The van der Waals surface area contributed by atoms with Crippen LogP contribution < -0.4 is 0 Å². The van der Waals surface area contributed by atoms with Crippen molar-refractivity contribution in [2.45, 2.75) is 19.4 Å². The van der Waals surface area contributed by atoms with Crippen LogP contribution in [0.3, 0.4) is 0 Å². The van der Waals surface area contributed by atoms with Crippen molar-refractivity contribution in [3.05, 3.63) is 0 Å². The summed E-state index contributed by atoms with van der Waals surface area (Å²) < 4.78 is 0. The van der Waals surface area contributed by atoms with Gasteiger partial charge in [-0.1, -0.05) is 6.92 Å². The monoisotopic (exact) mass is 177 g/mol. The molecule has 1 atom stereocenters. The van der Waals surface area contributed by atoms with Gasteiger partial charge in [0.05, 0.1) is 6.10 Å². The molecule has 3 heteroatoms. The molecule has 0 aliphatic heterocycles. The highest BCUT2D eigenvalue weighted by Crippen LogP contribution is 2.04. The third kappa shape index (κ3) is 8.17. The predicted octanol–water partition coefficient (Wildman–Crippen LogP) is 1.05. The maximum atomic E-state index is 9.19. The van der Waals surface area contributed by atoms with E-state index in [1.54, 1.807) is 0 Å². The zero-order chi connectivity index (χ0) is 8.69. The molecule has 0 radical (unpaired) electrons. The second kappa shape index (κ2) is 6.95. The molecule has 1 N–H and O–H groups in total. The number of aliphatic hydroxyl groups excluding tert-OH is 1. The Morgan fingerprint density at radius 2 is 2.09 bits per heavy atom. The second-order valence-corrected chi connectivity index (χ2v) is 4.09. The summed E-state index contributed by atoms with van der Waals surface area (Å²) in [6.45, 7) is 3.11. The van der Waals surface area contributed by atoms with Crippen molar-refractivity contribution < 1.29 is 5.11 Å². The van der Waals surface area contributed by atoms with Gasteiger partial charge in [-0.25, -0.2) is 0 Å². The minimum Gasteiger partial charge on any atom is -0.392 e. The highest BCUT2D eigenvalue weighted by atomic mass is 32.2. The lowest BCUT2D eigenvalue weighted by Crippen LogP contribution is -2.16. The van der Waals surface area contributed by atoms with Gasteiger partial charge in [0.25, 0.3) is 0 Å². The standard InChI is InChI=1S/C8H19NOS/c1-4-8(10)7-11-6-5-9(2)3/h8,10H,4-7H2,1-3H3. The normalized spacial score (nSPS) is 13.9. The Bertz CT molecular complexity index is 88.2. The third-order valence-corrected chi connectivity index (χ3v) is 2.56. The topological polar surface area (TPSA) is 23.5 Å². The summed E-state index contributed by atoms with van der Waals surface area (Å²) in [5, 5.41) is 9.19. The molecular weight excluding hydrogens is 158 g/mol. The summed E-state index contributed by atoms with van der Waals surface area (Å²) in [6.07, 6.45) is 0.761. The van der Waals surface area contributed by atoms with Crippen LogP contribution in [0.4, 0.5) is 0 Å². The number of hydrogen-bond donors (Lipinski definition) is 1. The lowest BCUT2D eigenvalue weighted by molar-refractivity contribution is 0.195. The molecule has 68 valence electrons. The van der Waals surface area contributed by atoms with E-state index in [0.29, 0.717) is 0 Å². The molecule has 0 spiro atoms. The Kier molecular flexibility index (Phi) is 7.12. The van der Waals surface area contributed by atoms with Gasteiger partial charge in [-0.05, 0) is 20.5 Å². The molecule has 0 aromatic rings. The van der Waals surface area contributed by atoms with Crippen molar-refractivity contribution >= 4 is 11.8 Å². The number of thioether (sulfide) groups is 1. The molecule has 0 aliphatic rings. The van der Waals surface area contributed by atoms with Crippen LogP contribution in [0.15, 0.2) is 0 Å². The number of aliphatic hydroxyl groups is 1. The van der Waals surface area contributed by atoms with Crippen molar-refractivity contribution in [1.82, 2.24) is 4.90 Å². The molecule has 0 aromatic carbocycles. The van der Waals surface area contributed by atoms with E-state index in [9.17, 15) is 5.11 Å². The maximum absolute atomic E-state index is 9.19. The Labute approximate surface area is 74.0 Å². The van der Waals surface area contributed by atoms with Gasteiger partial charge in [0, 0.05) is 18.1 Å². The Balaban J connectivity index is 3.01. The quantitative estimate of drug-likeness (QED) is 0.614. The lowest BCUT2D eigenvalue weighted by atomic mass is 10.3. The van der Waals surface area contributed by atoms with Crippen molar-refractivity contribution in [2.75, 3.05) is 32.1 Å². The average molecular weight is 177 g/mol. The first kappa shape index (κ1) is 11.3. The molecule has 0 heterocycles. The van der Waals surface area contributed by atoms with E-state index in [1.165, 1.54) is 0 Å². The smallest absolute Gasteiger partial charge is 0.0628 e. The van der Waals surface area contributed by atoms with Gasteiger partial charge in [-0.15, -0.1) is 0 Å². The number of rotatable bonds is 6. The van der Waals surface area contributed by atoms with Crippen molar-refractivity contribution in [3.8, 4) is 0 Å². The fraction of sp³-hybridized carbons (Fsp3) is 1.00. The van der Waals surface area contributed by atoms with Crippen LogP contribution in [0.1, 0.15) is 13.3 Å². The fourth-order valence-corrected chi connectivity index (χ4v) is 1.75. The fourth-order valence-electron chi connectivity index (χ4n) is 0.584. The van der Waals surface area contributed by atoms with E-state index in [2.05, 4.69) is 19.0 Å². The molecule has 0 aromatic heterocycles. The summed E-state index contributed by atoms with van der Waals surface area (Å²) >= 11 is 1.82. The lowest BCUT2D eigenvalue weighted by Gasteiger charge is -2.10. The van der Waals surface area contributed by atoms with Gasteiger partial charge in [0.2, 0.25) is 0 Å². The van der Waals surface area contributed by atoms with E-state index in [-0.39, 0.29) is 6.10 Å². The average Bonchev–Trinajstić information content (AvgIpc) is 1.97. The second-order valence-electron chi connectivity index (χ2n) is 2.94. The summed E-state index contributed by atoms with van der Waals surface area (Å²) in [4.78, 5) is 2.16. The molecule has 0 bridgehead atoms. The molecule has 0 saturated heterocycles. The largest absolute Gasteiger partial charge is 0.392 e. The van der Waals surface area contributed by atoms with Gasteiger partial charge in [0.15, 0.2) is 0 Å². The zero-order valence-corrected chi connectivity index (χ0v) is 8.52. The van der Waals surface area contributed by atoms with E-state index in [0.717, 1.165) is 24.5 Å². The minimum atomic E-state index is -0.109. The molecule has 11 heavy (non-hydrogen) atoms. The molecule has 0 saturated carbocycles. The van der Waals surface area contributed by atoms with E-state index in [1.807, 2.05) is 18.7 Å². The summed E-state index contributed by atoms with van der Waals surface area (Å²) in [5.74, 6) is 1.99. The van der Waals surface area contributed by atoms with Crippen LogP contribution in [0.5, 0.6) is 0 Å². The molecule has 0 rings (SSSR count). The van der Waals surface area contributed by atoms with Crippen molar-refractivity contribution in [3.63, 3.8) is 0 Å². The van der Waals surface area contributed by atoms with Crippen LogP contribution in [0.25, 0.3) is 0 Å². The molecule has 0 aliphatic carbocycles. The first-order valence-electron chi connectivity index (χ1n) is 4.07. The van der Waals surface area contributed by atoms with E-state index in [4.69, 9.17) is 0 Å². The molecule has 2 nitrogen and oxygen atoms in total. The van der Waals surface area contributed by atoms with Crippen molar-refractivity contribution in [1.29, 1.82) is 0 Å². The molecule has 1 unspecified atom stereocenters. The highest BCUT2D eigenvalue weighted by molar-refractivity contribution is 7.99. The minimum absolute atomic E-state index is 0.109. The van der Waals surface area contributed by atoms with Crippen LogP contribution >= 0.6 is 11.8 Å². The zero-order valence-electron chi connectivity index (χ0n) is 7.71. The first-order valence-corrected chi connectivity index (χ1v) is 5.22.